The fourth-order valence-corrected chi connectivity index (χ4v) is 4.42. The van der Waals surface area contributed by atoms with Gasteiger partial charge in [-0.3, -0.25) is 0 Å². The average molecular weight is 383 g/mol. The highest BCUT2D eigenvalue weighted by atomic mass is 35.5. The Kier molecular flexibility index (Phi) is 7.30. The third-order valence-corrected chi connectivity index (χ3v) is 5.67. The van der Waals surface area contributed by atoms with Crippen molar-refractivity contribution in [2.24, 2.45) is 0 Å². The summed E-state index contributed by atoms with van der Waals surface area (Å²) >= 11 is 8.55. The van der Waals surface area contributed by atoms with Gasteiger partial charge in [-0.05, 0) is 37.4 Å². The van der Waals surface area contributed by atoms with Crippen molar-refractivity contribution in [2.75, 3.05) is 31.1 Å². The molecule has 1 heterocycles. The lowest BCUT2D eigenvalue weighted by molar-refractivity contribution is 0.304. The van der Waals surface area contributed by atoms with Gasteiger partial charge in [-0.1, -0.05) is 49.9 Å². The van der Waals surface area contributed by atoms with E-state index in [-0.39, 0.29) is 17.8 Å². The summed E-state index contributed by atoms with van der Waals surface area (Å²) in [5, 5.41) is 0.0964. The van der Waals surface area contributed by atoms with Gasteiger partial charge in [0.15, 0.2) is 0 Å². The number of fused-ring (bicyclic) bond motifs is 2. The lowest BCUT2D eigenvalue weighted by Gasteiger charge is -2.35. The summed E-state index contributed by atoms with van der Waals surface area (Å²) in [5.74, 6) is 0. The SMILES string of the molecule is CCN(CC)CC(Cl)CN1c2ccccc2Sc2ccccc21.Cl. The Morgan fingerprint density at radius 3 is 1.96 bits per heavy atom. The second kappa shape index (κ2) is 9.00. The van der Waals surface area contributed by atoms with Crippen LogP contribution in [0, 0.1) is 0 Å². The highest BCUT2D eigenvalue weighted by Crippen LogP contribution is 2.47. The second-order valence-corrected chi connectivity index (χ2v) is 7.43. The Morgan fingerprint density at radius 1 is 0.958 bits per heavy atom. The summed E-state index contributed by atoms with van der Waals surface area (Å²) in [7, 11) is 0. The fourth-order valence-electron chi connectivity index (χ4n) is 3.00. The molecule has 0 spiro atoms. The van der Waals surface area contributed by atoms with Gasteiger partial charge < -0.3 is 9.80 Å². The molecule has 1 aliphatic heterocycles. The first-order valence-electron chi connectivity index (χ1n) is 8.22. The molecule has 2 aromatic rings. The van der Waals surface area contributed by atoms with Gasteiger partial charge in [-0.25, -0.2) is 0 Å². The van der Waals surface area contributed by atoms with Crippen LogP contribution in [0.2, 0.25) is 0 Å². The van der Waals surface area contributed by atoms with Crippen molar-refractivity contribution in [3.63, 3.8) is 0 Å². The largest absolute Gasteiger partial charge is 0.338 e. The quantitative estimate of drug-likeness (QED) is 0.595. The van der Waals surface area contributed by atoms with Crippen LogP contribution in [0.15, 0.2) is 58.3 Å². The lowest BCUT2D eigenvalue weighted by atomic mass is 10.2. The maximum atomic E-state index is 6.71. The molecule has 1 atom stereocenters. The van der Waals surface area contributed by atoms with Crippen LogP contribution in [-0.2, 0) is 0 Å². The Morgan fingerprint density at radius 2 is 1.46 bits per heavy atom. The van der Waals surface area contributed by atoms with Gasteiger partial charge in [0.1, 0.15) is 0 Å². The zero-order valence-corrected chi connectivity index (χ0v) is 16.5. The van der Waals surface area contributed by atoms with Crippen LogP contribution in [-0.4, -0.2) is 36.5 Å². The van der Waals surface area contributed by atoms with Gasteiger partial charge in [0, 0.05) is 22.9 Å². The Balaban J connectivity index is 0.00000208. The number of alkyl halides is 1. The lowest BCUT2D eigenvalue weighted by Crippen LogP contribution is -2.36. The summed E-state index contributed by atoms with van der Waals surface area (Å²) in [6, 6.07) is 17.2. The van der Waals surface area contributed by atoms with Crippen molar-refractivity contribution in [3.8, 4) is 0 Å². The number of halogens is 2. The molecule has 3 rings (SSSR count). The third kappa shape index (κ3) is 4.20. The van der Waals surface area contributed by atoms with Crippen molar-refractivity contribution in [2.45, 2.75) is 29.0 Å². The van der Waals surface area contributed by atoms with E-state index in [1.54, 1.807) is 0 Å². The number of rotatable bonds is 6. The Labute approximate surface area is 160 Å². The van der Waals surface area contributed by atoms with Gasteiger partial charge in [0.05, 0.1) is 16.8 Å². The zero-order valence-electron chi connectivity index (χ0n) is 14.1. The molecule has 0 bridgehead atoms. The summed E-state index contributed by atoms with van der Waals surface area (Å²) in [5.41, 5.74) is 2.53. The summed E-state index contributed by atoms with van der Waals surface area (Å²) < 4.78 is 0. The molecule has 0 radical (unpaired) electrons. The van der Waals surface area contributed by atoms with E-state index >= 15 is 0 Å². The Bertz CT molecular complexity index is 616. The molecule has 1 aliphatic rings. The molecule has 0 amide bonds. The van der Waals surface area contributed by atoms with E-state index in [0.717, 1.165) is 26.2 Å². The van der Waals surface area contributed by atoms with E-state index in [1.165, 1.54) is 21.2 Å². The minimum Gasteiger partial charge on any atom is -0.338 e. The van der Waals surface area contributed by atoms with Crippen LogP contribution in [0.25, 0.3) is 0 Å². The van der Waals surface area contributed by atoms with Crippen molar-refractivity contribution in [1.29, 1.82) is 0 Å². The first-order valence-corrected chi connectivity index (χ1v) is 9.48. The summed E-state index contributed by atoms with van der Waals surface area (Å²) in [6.07, 6.45) is 0. The molecule has 24 heavy (non-hydrogen) atoms. The maximum absolute atomic E-state index is 6.71. The van der Waals surface area contributed by atoms with Gasteiger partial charge in [-0.15, -0.1) is 24.0 Å². The smallest absolute Gasteiger partial charge is 0.0642 e. The van der Waals surface area contributed by atoms with Crippen molar-refractivity contribution >= 4 is 47.1 Å². The van der Waals surface area contributed by atoms with Crippen molar-refractivity contribution in [1.82, 2.24) is 4.90 Å². The molecule has 0 fully saturated rings. The first-order chi connectivity index (χ1) is 11.2. The van der Waals surface area contributed by atoms with E-state index in [4.69, 9.17) is 11.6 Å². The summed E-state index contributed by atoms with van der Waals surface area (Å²) in [4.78, 5) is 7.37. The van der Waals surface area contributed by atoms with Gasteiger partial charge >= 0.3 is 0 Å². The molecule has 2 aromatic carbocycles. The predicted octanol–water partition coefficient (Wildman–Crippen LogP) is 5.66. The molecule has 5 heteroatoms. The van der Waals surface area contributed by atoms with Crippen LogP contribution >= 0.6 is 35.8 Å². The highest BCUT2D eigenvalue weighted by molar-refractivity contribution is 7.99. The molecule has 0 saturated carbocycles. The van der Waals surface area contributed by atoms with Crippen LogP contribution in [0.4, 0.5) is 11.4 Å². The van der Waals surface area contributed by atoms with Gasteiger partial charge in [-0.2, -0.15) is 0 Å². The third-order valence-electron chi connectivity index (χ3n) is 4.26. The van der Waals surface area contributed by atoms with E-state index in [9.17, 15) is 0 Å². The van der Waals surface area contributed by atoms with E-state index in [0.29, 0.717) is 0 Å². The number of anilines is 2. The molecule has 0 saturated heterocycles. The molecule has 1 unspecified atom stereocenters. The normalized spacial score (nSPS) is 13.9. The molecule has 2 nitrogen and oxygen atoms in total. The number of benzene rings is 2. The molecular weight excluding hydrogens is 359 g/mol. The van der Waals surface area contributed by atoms with Crippen LogP contribution in [0.5, 0.6) is 0 Å². The van der Waals surface area contributed by atoms with Crippen molar-refractivity contribution in [3.05, 3.63) is 48.5 Å². The molecule has 0 N–H and O–H groups in total. The zero-order chi connectivity index (χ0) is 16.2. The molecule has 0 aliphatic carbocycles. The highest BCUT2D eigenvalue weighted by Gasteiger charge is 2.25. The number of para-hydroxylation sites is 2. The number of nitrogens with zero attached hydrogens (tertiary/aromatic N) is 2. The van der Waals surface area contributed by atoms with Crippen molar-refractivity contribution < 1.29 is 0 Å². The summed E-state index contributed by atoms with van der Waals surface area (Å²) in [6.45, 7) is 8.21. The fraction of sp³-hybridized carbons (Fsp3) is 0.368. The molecule has 130 valence electrons. The minimum atomic E-state index is 0. The van der Waals surface area contributed by atoms with Gasteiger partial charge in [0.25, 0.3) is 0 Å². The standard InChI is InChI=1S/C19H23ClN2S.ClH/c1-3-21(4-2)13-15(20)14-22-16-9-5-7-11-18(16)23-19-12-8-6-10-17(19)22;/h5-12,15H,3-4,13-14H2,1-2H3;1H. The average Bonchev–Trinajstić information content (AvgIpc) is 2.59. The van der Waals surface area contributed by atoms with E-state index < -0.39 is 0 Å². The maximum Gasteiger partial charge on any atom is 0.0642 e. The van der Waals surface area contributed by atoms with Gasteiger partial charge in [0.2, 0.25) is 0 Å². The number of hydrogen-bond donors (Lipinski definition) is 0. The predicted molar refractivity (Wildman–Crippen MR) is 109 cm³/mol. The van der Waals surface area contributed by atoms with E-state index in [1.807, 2.05) is 11.8 Å². The van der Waals surface area contributed by atoms with Crippen LogP contribution < -0.4 is 4.90 Å². The minimum absolute atomic E-state index is 0. The van der Waals surface area contributed by atoms with Crippen LogP contribution in [0.1, 0.15) is 13.8 Å². The molecular formula is C19H24Cl2N2S. The first kappa shape index (κ1) is 19.5. The Hall–Kier alpha value is -0.870. The number of hydrogen-bond acceptors (Lipinski definition) is 3. The second-order valence-electron chi connectivity index (χ2n) is 5.73. The monoisotopic (exact) mass is 382 g/mol. The topological polar surface area (TPSA) is 6.48 Å². The molecule has 0 aromatic heterocycles. The van der Waals surface area contributed by atoms with E-state index in [2.05, 4.69) is 72.2 Å². The van der Waals surface area contributed by atoms with Crippen LogP contribution in [0.3, 0.4) is 0 Å².